The number of benzene rings is 2. The molecule has 0 aliphatic carbocycles. The van der Waals surface area contributed by atoms with Crippen LogP contribution >= 0.6 is 0 Å². The van der Waals surface area contributed by atoms with Crippen LogP contribution in [0.4, 0.5) is 23.1 Å². The van der Waals surface area contributed by atoms with E-state index in [1.807, 2.05) is 18.2 Å². The Kier molecular flexibility index (Phi) is 5.47. The van der Waals surface area contributed by atoms with E-state index < -0.39 is 0 Å². The highest BCUT2D eigenvalue weighted by molar-refractivity contribution is 5.70. The minimum atomic E-state index is 0.321. The van der Waals surface area contributed by atoms with Crippen LogP contribution in [0.15, 0.2) is 42.6 Å². The second-order valence-electron chi connectivity index (χ2n) is 6.81. The van der Waals surface area contributed by atoms with Crippen molar-refractivity contribution in [1.29, 1.82) is 0 Å². The first-order valence-corrected chi connectivity index (χ1v) is 9.63. The quantitative estimate of drug-likeness (QED) is 0.632. The van der Waals surface area contributed by atoms with Crippen LogP contribution in [-0.4, -0.2) is 42.9 Å². The summed E-state index contributed by atoms with van der Waals surface area (Å²) in [5, 5.41) is 13.4. The number of hydrogen-bond acceptors (Lipinski definition) is 8. The highest BCUT2D eigenvalue weighted by Crippen LogP contribution is 2.41. The van der Waals surface area contributed by atoms with E-state index in [4.69, 9.17) is 14.2 Å². The average Bonchev–Trinajstić information content (AvgIpc) is 2.78. The number of aromatic hydroxyl groups is 1. The molecular formula is C22H24N4O4. The number of fused-ring (bicyclic) bond motifs is 1. The predicted molar refractivity (Wildman–Crippen MR) is 115 cm³/mol. The van der Waals surface area contributed by atoms with Crippen LogP contribution in [0.25, 0.3) is 0 Å². The van der Waals surface area contributed by atoms with Gasteiger partial charge in [0.25, 0.3) is 0 Å². The van der Waals surface area contributed by atoms with Crippen LogP contribution in [0, 0.1) is 0 Å². The van der Waals surface area contributed by atoms with Crippen molar-refractivity contribution in [2.24, 2.45) is 0 Å². The summed E-state index contributed by atoms with van der Waals surface area (Å²) in [4.78, 5) is 11.1. The van der Waals surface area contributed by atoms with Crippen molar-refractivity contribution < 1.29 is 19.3 Å². The summed E-state index contributed by atoms with van der Waals surface area (Å²) in [5.41, 5.74) is 2.62. The average molecular weight is 408 g/mol. The number of phenolic OH excluding ortho intramolecular Hbond substituents is 1. The standard InChI is InChI=1S/C22H24N4O4/c1-28-18-12-14(13-19(29-2)21(18)30-3)24-22-23-10-9-20(25-22)26-11-5-6-15-16(26)7-4-8-17(15)27/h4,7-10,12-13,27H,5-6,11H2,1-3H3,(H,23,24,25). The third-order valence-electron chi connectivity index (χ3n) is 5.06. The summed E-state index contributed by atoms with van der Waals surface area (Å²) < 4.78 is 16.2. The van der Waals surface area contributed by atoms with E-state index >= 15 is 0 Å². The number of anilines is 4. The van der Waals surface area contributed by atoms with Gasteiger partial charge in [0.1, 0.15) is 11.6 Å². The number of ether oxygens (including phenoxy) is 3. The molecule has 0 saturated carbocycles. The molecule has 0 fully saturated rings. The Hall–Kier alpha value is -3.68. The summed E-state index contributed by atoms with van der Waals surface area (Å²) in [6, 6.07) is 11.0. The van der Waals surface area contributed by atoms with Gasteiger partial charge >= 0.3 is 0 Å². The summed E-state index contributed by atoms with van der Waals surface area (Å²) in [5.74, 6) is 3.11. The van der Waals surface area contributed by atoms with Gasteiger partial charge in [-0.05, 0) is 31.0 Å². The van der Waals surface area contributed by atoms with Crippen molar-refractivity contribution >= 4 is 23.1 Å². The van der Waals surface area contributed by atoms with Crippen LogP contribution in [0.5, 0.6) is 23.0 Å². The minimum absolute atomic E-state index is 0.321. The molecule has 0 saturated heterocycles. The first-order chi connectivity index (χ1) is 14.6. The second kappa shape index (κ2) is 8.36. The van der Waals surface area contributed by atoms with Crippen LogP contribution < -0.4 is 24.4 Å². The van der Waals surface area contributed by atoms with Crippen molar-refractivity contribution in [1.82, 2.24) is 9.97 Å². The van der Waals surface area contributed by atoms with Gasteiger partial charge in [-0.2, -0.15) is 4.98 Å². The number of nitrogens with zero attached hydrogens (tertiary/aromatic N) is 3. The maximum absolute atomic E-state index is 10.2. The SMILES string of the molecule is COc1cc(Nc2nccc(N3CCCc4c(O)cccc43)n2)cc(OC)c1OC. The van der Waals surface area contributed by atoms with Gasteiger partial charge in [0.2, 0.25) is 11.7 Å². The Morgan fingerprint density at radius 2 is 1.80 bits per heavy atom. The lowest BCUT2D eigenvalue weighted by Gasteiger charge is -2.30. The molecule has 0 spiro atoms. The number of rotatable bonds is 6. The molecule has 156 valence electrons. The van der Waals surface area contributed by atoms with Crippen molar-refractivity contribution in [3.63, 3.8) is 0 Å². The Morgan fingerprint density at radius 1 is 1.03 bits per heavy atom. The number of methoxy groups -OCH3 is 3. The van der Waals surface area contributed by atoms with Crippen molar-refractivity contribution in [3.8, 4) is 23.0 Å². The molecule has 0 amide bonds. The van der Waals surface area contributed by atoms with Gasteiger partial charge < -0.3 is 29.5 Å². The molecule has 1 aliphatic rings. The van der Waals surface area contributed by atoms with E-state index in [2.05, 4.69) is 20.2 Å². The van der Waals surface area contributed by atoms with Crippen molar-refractivity contribution in [2.75, 3.05) is 38.1 Å². The lowest BCUT2D eigenvalue weighted by Crippen LogP contribution is -2.25. The molecule has 8 heteroatoms. The largest absolute Gasteiger partial charge is 0.508 e. The van der Waals surface area contributed by atoms with Crippen LogP contribution in [-0.2, 0) is 6.42 Å². The van der Waals surface area contributed by atoms with E-state index in [9.17, 15) is 5.11 Å². The number of nitrogens with one attached hydrogen (secondary N) is 1. The zero-order valence-electron chi connectivity index (χ0n) is 17.2. The second-order valence-corrected chi connectivity index (χ2v) is 6.81. The molecule has 4 rings (SSSR count). The van der Waals surface area contributed by atoms with E-state index in [1.54, 1.807) is 45.7 Å². The van der Waals surface area contributed by atoms with E-state index in [0.717, 1.165) is 36.5 Å². The van der Waals surface area contributed by atoms with Crippen LogP contribution in [0.2, 0.25) is 0 Å². The van der Waals surface area contributed by atoms with Gasteiger partial charge in [0.15, 0.2) is 11.5 Å². The third-order valence-corrected chi connectivity index (χ3v) is 5.06. The van der Waals surface area contributed by atoms with Gasteiger partial charge in [0.05, 0.1) is 21.3 Å². The van der Waals surface area contributed by atoms with Crippen LogP contribution in [0.1, 0.15) is 12.0 Å². The normalized spacial score (nSPS) is 12.8. The fourth-order valence-corrected chi connectivity index (χ4v) is 3.69. The predicted octanol–water partition coefficient (Wildman–Crippen LogP) is 4.04. The number of phenols is 1. The maximum atomic E-state index is 10.2. The zero-order chi connectivity index (χ0) is 21.1. The summed E-state index contributed by atoms with van der Waals surface area (Å²) in [6.07, 6.45) is 3.49. The summed E-state index contributed by atoms with van der Waals surface area (Å²) in [7, 11) is 4.71. The Morgan fingerprint density at radius 3 is 2.50 bits per heavy atom. The van der Waals surface area contributed by atoms with Gasteiger partial charge in [-0.15, -0.1) is 0 Å². The molecule has 0 atom stereocenters. The van der Waals surface area contributed by atoms with Crippen molar-refractivity contribution in [2.45, 2.75) is 12.8 Å². The molecule has 2 aromatic carbocycles. The number of aromatic nitrogens is 2. The fraction of sp³-hybridized carbons (Fsp3) is 0.273. The molecule has 3 aromatic rings. The minimum Gasteiger partial charge on any atom is -0.508 e. The lowest BCUT2D eigenvalue weighted by molar-refractivity contribution is 0.324. The summed E-state index contributed by atoms with van der Waals surface area (Å²) >= 11 is 0. The van der Waals surface area contributed by atoms with E-state index in [-0.39, 0.29) is 0 Å². The number of hydrogen-bond donors (Lipinski definition) is 2. The molecule has 30 heavy (non-hydrogen) atoms. The molecule has 0 radical (unpaired) electrons. The maximum Gasteiger partial charge on any atom is 0.229 e. The molecule has 2 N–H and O–H groups in total. The highest BCUT2D eigenvalue weighted by atomic mass is 16.5. The fourth-order valence-electron chi connectivity index (χ4n) is 3.69. The van der Waals surface area contributed by atoms with Gasteiger partial charge in [-0.25, -0.2) is 4.98 Å². The first kappa shape index (κ1) is 19.6. The van der Waals surface area contributed by atoms with Gasteiger partial charge in [-0.3, -0.25) is 0 Å². The lowest BCUT2D eigenvalue weighted by atomic mass is 10.0. The van der Waals surface area contributed by atoms with Crippen LogP contribution in [0.3, 0.4) is 0 Å². The molecule has 0 bridgehead atoms. The van der Waals surface area contributed by atoms with Crippen molar-refractivity contribution in [3.05, 3.63) is 48.2 Å². The molecule has 2 heterocycles. The Bertz CT molecular complexity index is 1030. The third kappa shape index (κ3) is 3.63. The Balaban J connectivity index is 1.65. The smallest absolute Gasteiger partial charge is 0.229 e. The first-order valence-electron chi connectivity index (χ1n) is 9.63. The zero-order valence-corrected chi connectivity index (χ0v) is 17.2. The summed E-state index contributed by atoms with van der Waals surface area (Å²) in [6.45, 7) is 0.817. The Labute approximate surface area is 175 Å². The van der Waals surface area contributed by atoms with E-state index in [1.165, 1.54) is 0 Å². The highest BCUT2D eigenvalue weighted by Gasteiger charge is 2.22. The molecule has 8 nitrogen and oxygen atoms in total. The topological polar surface area (TPSA) is 89.0 Å². The van der Waals surface area contributed by atoms with Gasteiger partial charge in [0, 0.05) is 41.8 Å². The van der Waals surface area contributed by atoms with Gasteiger partial charge in [-0.1, -0.05) is 6.07 Å². The molecule has 1 aromatic heterocycles. The molecule has 1 aliphatic heterocycles. The monoisotopic (exact) mass is 408 g/mol. The molecular weight excluding hydrogens is 384 g/mol. The van der Waals surface area contributed by atoms with E-state index in [0.29, 0.717) is 34.6 Å². The molecule has 0 unspecified atom stereocenters.